The predicted octanol–water partition coefficient (Wildman–Crippen LogP) is 3.65. The Balaban J connectivity index is 2.11. The van der Waals surface area contributed by atoms with E-state index < -0.39 is 0 Å². The molecule has 4 heteroatoms. The van der Waals surface area contributed by atoms with Gasteiger partial charge in [-0.1, -0.05) is 0 Å². The highest BCUT2D eigenvalue weighted by atomic mass is 32.1. The Hall–Kier alpha value is -0.420. The number of fused-ring (bicyclic) bond motifs is 1. The van der Waals surface area contributed by atoms with Crippen molar-refractivity contribution in [3.05, 3.63) is 22.4 Å². The number of likely N-dealkylation sites (N-methyl/N-ethyl adjacent to an activating group) is 1. The van der Waals surface area contributed by atoms with E-state index in [-0.39, 0.29) is 6.10 Å². The third-order valence-corrected chi connectivity index (χ3v) is 4.65. The lowest BCUT2D eigenvalue weighted by molar-refractivity contribution is 0.0632. The van der Waals surface area contributed by atoms with Crippen LogP contribution < -0.4 is 5.32 Å². The molecular formula is C12H17NOS2. The maximum atomic E-state index is 5.67. The molecule has 0 aliphatic carbocycles. The highest BCUT2D eigenvalue weighted by molar-refractivity contribution is 7.26. The second-order valence-corrected chi connectivity index (χ2v) is 6.08. The van der Waals surface area contributed by atoms with Gasteiger partial charge in [0.2, 0.25) is 0 Å². The number of thiophene rings is 2. The molecule has 0 amide bonds. The van der Waals surface area contributed by atoms with Crippen LogP contribution in [0, 0.1) is 0 Å². The third-order valence-electron chi connectivity index (χ3n) is 2.45. The molecule has 0 aliphatic heterocycles. The van der Waals surface area contributed by atoms with Crippen molar-refractivity contribution >= 4 is 32.1 Å². The topological polar surface area (TPSA) is 21.3 Å². The molecule has 16 heavy (non-hydrogen) atoms. The van der Waals surface area contributed by atoms with Crippen LogP contribution in [0.2, 0.25) is 0 Å². The summed E-state index contributed by atoms with van der Waals surface area (Å²) < 4.78 is 8.43. The highest BCUT2D eigenvalue weighted by Gasteiger charge is 2.14. The van der Waals surface area contributed by atoms with Gasteiger partial charge in [-0.05, 0) is 38.4 Å². The van der Waals surface area contributed by atoms with Crippen LogP contribution in [-0.2, 0) is 4.74 Å². The van der Waals surface area contributed by atoms with E-state index in [0.717, 1.165) is 6.61 Å². The lowest BCUT2D eigenvalue weighted by Gasteiger charge is -2.16. The van der Waals surface area contributed by atoms with Crippen molar-refractivity contribution < 1.29 is 4.74 Å². The fourth-order valence-electron chi connectivity index (χ4n) is 1.55. The lowest BCUT2D eigenvalue weighted by Crippen LogP contribution is -2.22. The minimum absolute atomic E-state index is 0.289. The molecule has 0 bridgehead atoms. The van der Waals surface area contributed by atoms with Gasteiger partial charge >= 0.3 is 0 Å². The van der Waals surface area contributed by atoms with Crippen molar-refractivity contribution in [1.82, 2.24) is 5.32 Å². The summed E-state index contributed by atoms with van der Waals surface area (Å²) in [5.74, 6) is 0. The summed E-state index contributed by atoms with van der Waals surface area (Å²) in [6.45, 7) is 4.88. The smallest absolute Gasteiger partial charge is 0.0672 e. The normalized spacial score (nSPS) is 13.8. The molecule has 2 aromatic rings. The van der Waals surface area contributed by atoms with E-state index in [1.165, 1.54) is 14.3 Å². The molecule has 2 nitrogen and oxygen atoms in total. The molecule has 88 valence electrons. The molecular weight excluding hydrogens is 238 g/mol. The molecule has 2 rings (SSSR count). The zero-order chi connectivity index (χ0) is 11.5. The molecule has 0 saturated heterocycles. The molecule has 0 saturated carbocycles. The maximum Gasteiger partial charge on any atom is 0.0672 e. The van der Waals surface area contributed by atoms with Crippen LogP contribution in [0.1, 0.15) is 24.8 Å². The van der Waals surface area contributed by atoms with Gasteiger partial charge < -0.3 is 10.1 Å². The monoisotopic (exact) mass is 255 g/mol. The molecule has 0 aliphatic rings. The van der Waals surface area contributed by atoms with Gasteiger partial charge in [0.1, 0.15) is 0 Å². The number of rotatable bonds is 5. The van der Waals surface area contributed by atoms with Crippen LogP contribution in [0.25, 0.3) is 9.40 Å². The van der Waals surface area contributed by atoms with Crippen molar-refractivity contribution in [3.8, 4) is 0 Å². The second-order valence-electron chi connectivity index (χ2n) is 4.02. The van der Waals surface area contributed by atoms with Crippen molar-refractivity contribution in [1.29, 1.82) is 0 Å². The van der Waals surface area contributed by atoms with Crippen LogP contribution in [0.3, 0.4) is 0 Å². The highest BCUT2D eigenvalue weighted by Crippen LogP contribution is 2.33. The molecule has 0 spiro atoms. The Labute approximate surface area is 104 Å². The first-order valence-corrected chi connectivity index (χ1v) is 7.16. The van der Waals surface area contributed by atoms with E-state index in [9.17, 15) is 0 Å². The Morgan fingerprint density at radius 1 is 1.38 bits per heavy atom. The van der Waals surface area contributed by atoms with E-state index in [4.69, 9.17) is 4.74 Å². The van der Waals surface area contributed by atoms with Gasteiger partial charge in [-0.2, -0.15) is 0 Å². The van der Waals surface area contributed by atoms with Crippen molar-refractivity contribution in [2.75, 3.05) is 13.7 Å². The summed E-state index contributed by atoms with van der Waals surface area (Å²) in [4.78, 5) is 1.37. The number of hydrogen-bond donors (Lipinski definition) is 1. The van der Waals surface area contributed by atoms with Crippen molar-refractivity contribution in [3.63, 3.8) is 0 Å². The fourth-order valence-corrected chi connectivity index (χ4v) is 3.77. The molecule has 1 unspecified atom stereocenters. The molecule has 2 aromatic heterocycles. The van der Waals surface area contributed by atoms with Crippen LogP contribution in [0.4, 0.5) is 0 Å². The predicted molar refractivity (Wildman–Crippen MR) is 72.6 cm³/mol. The number of hydrogen-bond acceptors (Lipinski definition) is 4. The lowest BCUT2D eigenvalue weighted by atomic mass is 10.2. The van der Waals surface area contributed by atoms with Gasteiger partial charge in [-0.15, -0.1) is 22.7 Å². The first kappa shape index (κ1) is 12.0. The quantitative estimate of drug-likeness (QED) is 0.880. The van der Waals surface area contributed by atoms with Crippen molar-refractivity contribution in [2.24, 2.45) is 0 Å². The van der Waals surface area contributed by atoms with Gasteiger partial charge in [0.05, 0.1) is 18.8 Å². The number of ether oxygens (including phenoxy) is 1. The van der Waals surface area contributed by atoms with Crippen LogP contribution in [0.5, 0.6) is 0 Å². The van der Waals surface area contributed by atoms with Crippen LogP contribution in [-0.4, -0.2) is 19.8 Å². The Morgan fingerprint density at radius 2 is 2.19 bits per heavy atom. The zero-order valence-electron chi connectivity index (χ0n) is 9.82. The molecule has 1 N–H and O–H groups in total. The first-order valence-electron chi connectivity index (χ1n) is 5.46. The molecule has 2 heterocycles. The Morgan fingerprint density at radius 3 is 2.81 bits per heavy atom. The molecule has 1 atom stereocenters. The van der Waals surface area contributed by atoms with E-state index in [0.29, 0.717) is 6.04 Å². The average Bonchev–Trinajstić information content (AvgIpc) is 2.78. The Bertz CT molecular complexity index is 418. The standard InChI is InChI=1S/C12H17NOS2/c1-8(2)14-7-9(13-3)11-6-12-10(16-11)4-5-15-12/h4-6,8-9,13H,7H2,1-3H3. The molecule has 0 radical (unpaired) electrons. The second kappa shape index (κ2) is 5.27. The summed E-state index contributed by atoms with van der Waals surface area (Å²) in [5, 5.41) is 5.46. The summed E-state index contributed by atoms with van der Waals surface area (Å²) >= 11 is 3.66. The fraction of sp³-hybridized carbons (Fsp3) is 0.500. The van der Waals surface area contributed by atoms with E-state index in [1.54, 1.807) is 11.3 Å². The van der Waals surface area contributed by atoms with E-state index in [2.05, 4.69) is 36.7 Å². The summed E-state index contributed by atoms with van der Waals surface area (Å²) in [6.07, 6.45) is 0.289. The van der Waals surface area contributed by atoms with E-state index >= 15 is 0 Å². The average molecular weight is 255 g/mol. The van der Waals surface area contributed by atoms with Crippen LogP contribution >= 0.6 is 22.7 Å². The zero-order valence-corrected chi connectivity index (χ0v) is 11.5. The summed E-state index contributed by atoms with van der Waals surface area (Å²) in [7, 11) is 1.99. The summed E-state index contributed by atoms with van der Waals surface area (Å²) in [6, 6.07) is 4.77. The largest absolute Gasteiger partial charge is 0.377 e. The van der Waals surface area contributed by atoms with Crippen molar-refractivity contribution in [2.45, 2.75) is 26.0 Å². The van der Waals surface area contributed by atoms with Gasteiger partial charge in [-0.25, -0.2) is 0 Å². The Kier molecular flexibility index (Phi) is 3.97. The molecule has 0 fully saturated rings. The van der Waals surface area contributed by atoms with E-state index in [1.807, 2.05) is 18.4 Å². The summed E-state index contributed by atoms with van der Waals surface area (Å²) in [5.41, 5.74) is 0. The number of nitrogens with one attached hydrogen (secondary N) is 1. The van der Waals surface area contributed by atoms with Gasteiger partial charge in [0, 0.05) is 14.3 Å². The van der Waals surface area contributed by atoms with Gasteiger partial charge in [-0.3, -0.25) is 0 Å². The maximum absolute atomic E-state index is 5.67. The van der Waals surface area contributed by atoms with Crippen LogP contribution in [0.15, 0.2) is 17.5 Å². The SMILES string of the molecule is CNC(COC(C)C)c1cc2sccc2s1. The minimum atomic E-state index is 0.289. The van der Waals surface area contributed by atoms with Gasteiger partial charge in [0.25, 0.3) is 0 Å². The minimum Gasteiger partial charge on any atom is -0.377 e. The molecule has 0 aromatic carbocycles. The van der Waals surface area contributed by atoms with Gasteiger partial charge in [0.15, 0.2) is 0 Å². The third kappa shape index (κ3) is 2.63. The first-order chi connectivity index (χ1) is 7.70.